The van der Waals surface area contributed by atoms with E-state index >= 15 is 0 Å². The van der Waals surface area contributed by atoms with Crippen LogP contribution in [0.5, 0.6) is 0 Å². The van der Waals surface area contributed by atoms with Crippen LogP contribution < -0.4 is 11.1 Å². The number of likely N-dealkylation sites (tertiary alicyclic amines) is 1. The molecule has 0 atom stereocenters. The van der Waals surface area contributed by atoms with E-state index in [1.165, 1.54) is 19.2 Å². The smallest absolute Gasteiger partial charge is 0.143 e. The number of rotatable bonds is 1. The first-order chi connectivity index (χ1) is 10.8. The van der Waals surface area contributed by atoms with Crippen LogP contribution in [0.25, 0.3) is 11.0 Å². The number of fused-ring (bicyclic) bond motifs is 1. The van der Waals surface area contributed by atoms with Gasteiger partial charge in [-0.3, -0.25) is 4.90 Å². The standard InChI is InChI=1S/C16H20N6/c17-15-14-7-12(21-16(14)20-10-19-15)2-1-11-8-22(9-11)13-3-5-18-6-4-13/h7,10-11,13,18H,3-6,8-9H2,(H3,17,19,20,21). The Hall–Kier alpha value is -2.10. The average molecular weight is 296 g/mol. The molecule has 4 heterocycles. The second kappa shape index (κ2) is 5.59. The first-order valence-corrected chi connectivity index (χ1v) is 7.85. The molecule has 2 aliphatic heterocycles. The lowest BCUT2D eigenvalue weighted by molar-refractivity contribution is 0.0640. The van der Waals surface area contributed by atoms with E-state index in [1.807, 2.05) is 6.07 Å². The Morgan fingerprint density at radius 3 is 2.82 bits per heavy atom. The van der Waals surface area contributed by atoms with Gasteiger partial charge in [0, 0.05) is 25.0 Å². The van der Waals surface area contributed by atoms with E-state index in [-0.39, 0.29) is 0 Å². The molecule has 4 rings (SSSR count). The zero-order valence-corrected chi connectivity index (χ0v) is 12.5. The average Bonchev–Trinajstić information content (AvgIpc) is 2.91. The topological polar surface area (TPSA) is 82.9 Å². The number of nitrogens with two attached hydrogens (primary N) is 1. The largest absolute Gasteiger partial charge is 0.383 e. The van der Waals surface area contributed by atoms with Crippen LogP contribution in [-0.2, 0) is 0 Å². The van der Waals surface area contributed by atoms with Gasteiger partial charge in [-0.25, -0.2) is 9.97 Å². The monoisotopic (exact) mass is 296 g/mol. The molecule has 0 spiro atoms. The molecule has 6 heteroatoms. The maximum absolute atomic E-state index is 5.83. The fourth-order valence-electron chi connectivity index (χ4n) is 3.28. The van der Waals surface area contributed by atoms with Gasteiger partial charge in [0.25, 0.3) is 0 Å². The second-order valence-electron chi connectivity index (χ2n) is 6.11. The number of nitrogen functional groups attached to an aromatic ring is 1. The van der Waals surface area contributed by atoms with Crippen LogP contribution in [0.3, 0.4) is 0 Å². The Labute approximate surface area is 129 Å². The maximum atomic E-state index is 5.83. The summed E-state index contributed by atoms with van der Waals surface area (Å²) >= 11 is 0. The van der Waals surface area contributed by atoms with E-state index in [0.29, 0.717) is 11.7 Å². The van der Waals surface area contributed by atoms with Crippen LogP contribution in [-0.4, -0.2) is 52.1 Å². The van der Waals surface area contributed by atoms with Gasteiger partial charge in [-0.1, -0.05) is 5.92 Å². The summed E-state index contributed by atoms with van der Waals surface area (Å²) in [5.41, 5.74) is 7.45. The lowest BCUT2D eigenvalue weighted by Crippen LogP contribution is -2.54. The molecule has 2 fully saturated rings. The zero-order chi connectivity index (χ0) is 14.9. The normalized spacial score (nSPS) is 20.5. The SMILES string of the molecule is Nc1ncnc2[nH]c(C#CC3CN(C4CCNCC4)C3)cc12. The van der Waals surface area contributed by atoms with E-state index in [2.05, 4.69) is 37.0 Å². The fourth-order valence-corrected chi connectivity index (χ4v) is 3.28. The van der Waals surface area contributed by atoms with E-state index in [0.717, 1.165) is 48.9 Å². The van der Waals surface area contributed by atoms with Crippen molar-refractivity contribution in [3.8, 4) is 11.8 Å². The van der Waals surface area contributed by atoms with Gasteiger partial charge in [0.05, 0.1) is 11.1 Å². The Morgan fingerprint density at radius 2 is 2.05 bits per heavy atom. The molecule has 6 nitrogen and oxygen atoms in total. The highest BCUT2D eigenvalue weighted by atomic mass is 15.2. The number of H-pyrrole nitrogens is 1. The van der Waals surface area contributed by atoms with Crippen molar-refractivity contribution in [1.82, 2.24) is 25.2 Å². The molecule has 2 aromatic rings. The number of nitrogens with one attached hydrogen (secondary N) is 2. The number of hydrogen-bond donors (Lipinski definition) is 3. The lowest BCUT2D eigenvalue weighted by atomic mass is 9.94. The molecule has 2 saturated heterocycles. The summed E-state index contributed by atoms with van der Waals surface area (Å²) in [6.45, 7) is 4.49. The maximum Gasteiger partial charge on any atom is 0.143 e. The van der Waals surface area contributed by atoms with Crippen molar-refractivity contribution in [2.45, 2.75) is 18.9 Å². The molecule has 22 heavy (non-hydrogen) atoms. The summed E-state index contributed by atoms with van der Waals surface area (Å²) in [7, 11) is 0. The highest BCUT2D eigenvalue weighted by Crippen LogP contribution is 2.23. The van der Waals surface area contributed by atoms with Crippen molar-refractivity contribution in [3.05, 3.63) is 18.1 Å². The molecular weight excluding hydrogens is 276 g/mol. The van der Waals surface area contributed by atoms with Crippen LogP contribution in [0.2, 0.25) is 0 Å². The summed E-state index contributed by atoms with van der Waals surface area (Å²) in [5, 5.41) is 4.26. The van der Waals surface area contributed by atoms with E-state index in [9.17, 15) is 0 Å². The van der Waals surface area contributed by atoms with Crippen molar-refractivity contribution in [3.63, 3.8) is 0 Å². The van der Waals surface area contributed by atoms with Crippen LogP contribution >= 0.6 is 0 Å². The summed E-state index contributed by atoms with van der Waals surface area (Å²) in [6, 6.07) is 2.68. The Balaban J connectivity index is 1.40. The summed E-state index contributed by atoms with van der Waals surface area (Å²) in [4.78, 5) is 13.9. The number of piperidine rings is 1. The second-order valence-corrected chi connectivity index (χ2v) is 6.11. The molecule has 0 bridgehead atoms. The molecule has 0 saturated carbocycles. The van der Waals surface area contributed by atoms with Gasteiger partial charge < -0.3 is 16.0 Å². The van der Waals surface area contributed by atoms with Gasteiger partial charge in [0.1, 0.15) is 17.8 Å². The minimum Gasteiger partial charge on any atom is -0.383 e. The van der Waals surface area contributed by atoms with Crippen molar-refractivity contribution >= 4 is 16.9 Å². The Bertz CT molecular complexity index is 728. The van der Waals surface area contributed by atoms with Crippen molar-refractivity contribution in [1.29, 1.82) is 0 Å². The van der Waals surface area contributed by atoms with E-state index in [4.69, 9.17) is 5.73 Å². The van der Waals surface area contributed by atoms with E-state index < -0.39 is 0 Å². The van der Waals surface area contributed by atoms with E-state index in [1.54, 1.807) is 0 Å². The van der Waals surface area contributed by atoms with Gasteiger partial charge in [-0.05, 0) is 37.9 Å². The molecule has 0 aromatic carbocycles. The molecule has 0 amide bonds. The van der Waals surface area contributed by atoms with Crippen LogP contribution in [0.4, 0.5) is 5.82 Å². The van der Waals surface area contributed by atoms with Gasteiger partial charge in [-0.15, -0.1) is 0 Å². The number of aromatic nitrogens is 3. The number of aromatic amines is 1. The minimum atomic E-state index is 0.477. The van der Waals surface area contributed by atoms with Crippen molar-refractivity contribution in [2.24, 2.45) is 5.92 Å². The molecule has 4 N–H and O–H groups in total. The predicted molar refractivity (Wildman–Crippen MR) is 86.1 cm³/mol. The predicted octanol–water partition coefficient (Wildman–Crippen LogP) is 0.575. The molecule has 0 unspecified atom stereocenters. The third-order valence-corrected chi connectivity index (χ3v) is 4.60. The third kappa shape index (κ3) is 2.54. The minimum absolute atomic E-state index is 0.477. The fraction of sp³-hybridized carbons (Fsp3) is 0.500. The first-order valence-electron chi connectivity index (χ1n) is 7.85. The molecule has 0 aliphatic carbocycles. The Kier molecular flexibility index (Phi) is 3.45. The van der Waals surface area contributed by atoms with Gasteiger partial charge in [0.2, 0.25) is 0 Å². The third-order valence-electron chi connectivity index (χ3n) is 4.60. The molecule has 2 aromatic heterocycles. The number of hydrogen-bond acceptors (Lipinski definition) is 5. The molecule has 2 aliphatic rings. The number of nitrogens with zero attached hydrogens (tertiary/aromatic N) is 3. The Morgan fingerprint density at radius 1 is 1.23 bits per heavy atom. The van der Waals surface area contributed by atoms with Crippen LogP contribution in [0, 0.1) is 17.8 Å². The van der Waals surface area contributed by atoms with Crippen molar-refractivity contribution in [2.75, 3.05) is 31.9 Å². The summed E-state index contributed by atoms with van der Waals surface area (Å²) in [6.07, 6.45) is 3.99. The zero-order valence-electron chi connectivity index (χ0n) is 12.5. The highest BCUT2D eigenvalue weighted by molar-refractivity contribution is 5.87. The van der Waals surface area contributed by atoms with Gasteiger partial charge >= 0.3 is 0 Å². The summed E-state index contributed by atoms with van der Waals surface area (Å²) < 4.78 is 0. The van der Waals surface area contributed by atoms with Crippen LogP contribution in [0.15, 0.2) is 12.4 Å². The summed E-state index contributed by atoms with van der Waals surface area (Å²) in [5.74, 6) is 7.55. The molecule has 114 valence electrons. The highest BCUT2D eigenvalue weighted by Gasteiger charge is 2.31. The van der Waals surface area contributed by atoms with Gasteiger partial charge in [0.15, 0.2) is 0 Å². The number of anilines is 1. The van der Waals surface area contributed by atoms with Crippen LogP contribution in [0.1, 0.15) is 18.5 Å². The molecular formula is C16H20N6. The molecule has 0 radical (unpaired) electrons. The first kappa shape index (κ1) is 13.6. The lowest BCUT2D eigenvalue weighted by Gasteiger charge is -2.44. The quantitative estimate of drug-likeness (QED) is 0.670. The van der Waals surface area contributed by atoms with Crippen molar-refractivity contribution < 1.29 is 0 Å². The van der Waals surface area contributed by atoms with Gasteiger partial charge in [-0.2, -0.15) is 0 Å².